The molecule has 3 rings (SSSR count). The molecule has 3 heteroatoms. The number of nitrogens with zero attached hydrogens (tertiary/aromatic N) is 1. The van der Waals surface area contributed by atoms with E-state index in [2.05, 4.69) is 43.4 Å². The highest BCUT2D eigenvalue weighted by Crippen LogP contribution is 2.39. The van der Waals surface area contributed by atoms with E-state index in [4.69, 9.17) is 0 Å². The fourth-order valence-electron chi connectivity index (χ4n) is 3.25. The molecule has 1 aromatic carbocycles. The molecule has 2 heterocycles. The molecule has 0 bridgehead atoms. The van der Waals surface area contributed by atoms with Gasteiger partial charge < -0.3 is 10.2 Å². The van der Waals surface area contributed by atoms with E-state index < -0.39 is 0 Å². The lowest BCUT2D eigenvalue weighted by Crippen LogP contribution is -2.29. The highest BCUT2D eigenvalue weighted by molar-refractivity contribution is 5.96. The van der Waals surface area contributed by atoms with Gasteiger partial charge in [-0.25, -0.2) is 0 Å². The number of nitrogens with one attached hydrogen (secondary N) is 1. The average Bonchev–Trinajstić information content (AvgIpc) is 2.97. The SMILES string of the molecule is CC(C)c1ccc(N2CC3(CCNC3)CC2=O)cc1. The Morgan fingerprint density at radius 3 is 2.58 bits per heavy atom. The quantitative estimate of drug-likeness (QED) is 0.884. The summed E-state index contributed by atoms with van der Waals surface area (Å²) < 4.78 is 0. The van der Waals surface area contributed by atoms with Crippen LogP contribution in [-0.4, -0.2) is 25.5 Å². The van der Waals surface area contributed by atoms with E-state index >= 15 is 0 Å². The van der Waals surface area contributed by atoms with Crippen molar-refractivity contribution in [3.05, 3.63) is 29.8 Å². The number of amides is 1. The van der Waals surface area contributed by atoms with Gasteiger partial charge in [-0.1, -0.05) is 26.0 Å². The van der Waals surface area contributed by atoms with Gasteiger partial charge in [0.1, 0.15) is 0 Å². The molecule has 1 spiro atoms. The molecule has 2 aliphatic rings. The van der Waals surface area contributed by atoms with Crippen molar-refractivity contribution in [2.75, 3.05) is 24.5 Å². The largest absolute Gasteiger partial charge is 0.316 e. The van der Waals surface area contributed by atoms with Crippen LogP contribution in [0.15, 0.2) is 24.3 Å². The van der Waals surface area contributed by atoms with Gasteiger partial charge in [-0.2, -0.15) is 0 Å². The van der Waals surface area contributed by atoms with Crippen LogP contribution in [0.5, 0.6) is 0 Å². The summed E-state index contributed by atoms with van der Waals surface area (Å²) in [6.07, 6.45) is 1.82. The number of carbonyl (C=O) groups is 1. The Morgan fingerprint density at radius 1 is 1.26 bits per heavy atom. The van der Waals surface area contributed by atoms with Crippen molar-refractivity contribution in [1.82, 2.24) is 5.32 Å². The van der Waals surface area contributed by atoms with Crippen molar-refractivity contribution in [1.29, 1.82) is 0 Å². The van der Waals surface area contributed by atoms with Crippen LogP contribution in [0.3, 0.4) is 0 Å². The molecule has 1 unspecified atom stereocenters. The van der Waals surface area contributed by atoms with Crippen LogP contribution in [0.4, 0.5) is 5.69 Å². The maximum atomic E-state index is 12.3. The number of rotatable bonds is 2. The van der Waals surface area contributed by atoms with Crippen LogP contribution in [0, 0.1) is 5.41 Å². The Morgan fingerprint density at radius 2 is 2.00 bits per heavy atom. The van der Waals surface area contributed by atoms with Gasteiger partial charge in [0.05, 0.1) is 0 Å². The summed E-state index contributed by atoms with van der Waals surface area (Å²) >= 11 is 0. The number of carbonyl (C=O) groups excluding carboxylic acids is 1. The Balaban J connectivity index is 1.80. The summed E-state index contributed by atoms with van der Waals surface area (Å²) in [6.45, 7) is 7.29. The van der Waals surface area contributed by atoms with Crippen molar-refractivity contribution in [3.8, 4) is 0 Å². The summed E-state index contributed by atoms with van der Waals surface area (Å²) in [5, 5.41) is 3.39. The molecule has 2 saturated heterocycles. The monoisotopic (exact) mass is 258 g/mol. The standard InChI is InChI=1S/C16H22N2O/c1-12(2)13-3-5-14(6-4-13)18-11-16(9-15(18)19)7-8-17-10-16/h3-6,12,17H,7-11H2,1-2H3. The normalized spacial score (nSPS) is 26.9. The highest BCUT2D eigenvalue weighted by atomic mass is 16.2. The number of hydrogen-bond donors (Lipinski definition) is 1. The Labute approximate surface area is 115 Å². The zero-order chi connectivity index (χ0) is 13.5. The zero-order valence-corrected chi connectivity index (χ0v) is 11.8. The lowest BCUT2D eigenvalue weighted by atomic mass is 9.86. The molecule has 1 aromatic rings. The van der Waals surface area contributed by atoms with Gasteiger partial charge in [0, 0.05) is 30.6 Å². The molecule has 0 aromatic heterocycles. The lowest BCUT2D eigenvalue weighted by Gasteiger charge is -2.22. The van der Waals surface area contributed by atoms with Crippen molar-refractivity contribution in [2.24, 2.45) is 5.41 Å². The molecule has 102 valence electrons. The summed E-state index contributed by atoms with van der Waals surface area (Å²) in [4.78, 5) is 14.2. The van der Waals surface area contributed by atoms with Crippen LogP contribution in [0.25, 0.3) is 0 Å². The predicted octanol–water partition coefficient (Wildman–Crippen LogP) is 2.53. The van der Waals surface area contributed by atoms with Crippen molar-refractivity contribution in [3.63, 3.8) is 0 Å². The molecule has 0 saturated carbocycles. The Bertz CT molecular complexity index is 472. The molecular formula is C16H22N2O. The molecular weight excluding hydrogens is 236 g/mol. The second-order valence-corrected chi connectivity index (χ2v) is 6.33. The topological polar surface area (TPSA) is 32.3 Å². The van der Waals surface area contributed by atoms with Crippen molar-refractivity contribution in [2.45, 2.75) is 32.6 Å². The lowest BCUT2D eigenvalue weighted by molar-refractivity contribution is -0.117. The van der Waals surface area contributed by atoms with Gasteiger partial charge in [-0.3, -0.25) is 4.79 Å². The summed E-state index contributed by atoms with van der Waals surface area (Å²) in [5.41, 5.74) is 2.57. The molecule has 1 atom stereocenters. The Hall–Kier alpha value is -1.35. The molecule has 0 aliphatic carbocycles. The minimum atomic E-state index is 0.188. The molecule has 1 amide bonds. The van der Waals surface area contributed by atoms with E-state index in [0.717, 1.165) is 31.7 Å². The second kappa shape index (κ2) is 4.64. The summed E-state index contributed by atoms with van der Waals surface area (Å²) in [7, 11) is 0. The third-order valence-electron chi connectivity index (χ3n) is 4.52. The first-order valence-electron chi connectivity index (χ1n) is 7.21. The maximum absolute atomic E-state index is 12.3. The molecule has 0 radical (unpaired) electrons. The predicted molar refractivity (Wildman–Crippen MR) is 77.4 cm³/mol. The van der Waals surface area contributed by atoms with Gasteiger partial charge in [0.2, 0.25) is 5.91 Å². The molecule has 3 nitrogen and oxygen atoms in total. The Kier molecular flexibility index (Phi) is 3.09. The fourth-order valence-corrected chi connectivity index (χ4v) is 3.25. The summed E-state index contributed by atoms with van der Waals surface area (Å²) in [5.74, 6) is 0.815. The van der Waals surface area contributed by atoms with Crippen LogP contribution in [0.2, 0.25) is 0 Å². The van der Waals surface area contributed by atoms with E-state index in [-0.39, 0.29) is 11.3 Å². The molecule has 1 N–H and O–H groups in total. The van der Waals surface area contributed by atoms with Gasteiger partial charge >= 0.3 is 0 Å². The second-order valence-electron chi connectivity index (χ2n) is 6.33. The fraction of sp³-hybridized carbons (Fsp3) is 0.562. The van der Waals surface area contributed by atoms with E-state index in [1.807, 2.05) is 4.90 Å². The van der Waals surface area contributed by atoms with Gasteiger partial charge in [0.15, 0.2) is 0 Å². The van der Waals surface area contributed by atoms with Crippen LogP contribution < -0.4 is 10.2 Å². The number of benzene rings is 1. The number of hydrogen-bond acceptors (Lipinski definition) is 2. The zero-order valence-electron chi connectivity index (χ0n) is 11.8. The van der Waals surface area contributed by atoms with E-state index in [9.17, 15) is 4.79 Å². The van der Waals surface area contributed by atoms with E-state index in [1.165, 1.54) is 5.56 Å². The average molecular weight is 258 g/mol. The van der Waals surface area contributed by atoms with Crippen LogP contribution in [-0.2, 0) is 4.79 Å². The maximum Gasteiger partial charge on any atom is 0.227 e. The molecule has 2 fully saturated rings. The molecule has 19 heavy (non-hydrogen) atoms. The van der Waals surface area contributed by atoms with Crippen molar-refractivity contribution < 1.29 is 4.79 Å². The first kappa shape index (κ1) is 12.7. The van der Waals surface area contributed by atoms with Crippen LogP contribution in [0.1, 0.15) is 38.2 Å². The molecule has 2 aliphatic heterocycles. The first-order valence-corrected chi connectivity index (χ1v) is 7.21. The highest BCUT2D eigenvalue weighted by Gasteiger charge is 2.45. The van der Waals surface area contributed by atoms with E-state index in [1.54, 1.807) is 0 Å². The first-order chi connectivity index (χ1) is 9.10. The number of anilines is 1. The minimum absolute atomic E-state index is 0.188. The van der Waals surface area contributed by atoms with Crippen molar-refractivity contribution >= 4 is 11.6 Å². The van der Waals surface area contributed by atoms with Crippen LogP contribution >= 0.6 is 0 Å². The van der Waals surface area contributed by atoms with Gasteiger partial charge in [-0.05, 0) is 36.6 Å². The third-order valence-corrected chi connectivity index (χ3v) is 4.52. The van der Waals surface area contributed by atoms with E-state index in [0.29, 0.717) is 12.3 Å². The smallest absolute Gasteiger partial charge is 0.227 e. The minimum Gasteiger partial charge on any atom is -0.316 e. The summed E-state index contributed by atoms with van der Waals surface area (Å²) in [6, 6.07) is 8.47. The van der Waals surface area contributed by atoms with Gasteiger partial charge in [0.25, 0.3) is 0 Å². The third kappa shape index (κ3) is 2.27. The van der Waals surface area contributed by atoms with Gasteiger partial charge in [-0.15, -0.1) is 0 Å².